The van der Waals surface area contributed by atoms with Gasteiger partial charge in [0.2, 0.25) is 0 Å². The molecule has 19 heavy (non-hydrogen) atoms. The molecule has 0 saturated carbocycles. The first-order valence-electron chi connectivity index (χ1n) is 5.60. The summed E-state index contributed by atoms with van der Waals surface area (Å²) in [4.78, 5) is 15.9. The zero-order valence-electron chi connectivity index (χ0n) is 10.3. The molecule has 0 aliphatic heterocycles. The summed E-state index contributed by atoms with van der Waals surface area (Å²) in [6.45, 7) is 1.79. The second-order valence-electron chi connectivity index (χ2n) is 3.99. The number of nitrogens with two attached hydrogens (primary N) is 1. The quantitative estimate of drug-likeness (QED) is 0.583. The third kappa shape index (κ3) is 3.05. The maximum atomic E-state index is 13.1. The highest BCUT2D eigenvalue weighted by Gasteiger charge is 2.09. The lowest BCUT2D eigenvalue weighted by molar-refractivity contribution is 0.102. The normalized spacial score (nSPS) is 10.1. The number of halogens is 1. The molecule has 0 radical (unpaired) electrons. The predicted octanol–water partition coefficient (Wildman–Crippen LogP) is 2.07. The minimum atomic E-state index is -0.401. The summed E-state index contributed by atoms with van der Waals surface area (Å²) in [6, 6.07) is 7.37. The second-order valence-corrected chi connectivity index (χ2v) is 3.99. The number of anilines is 2. The van der Waals surface area contributed by atoms with Crippen LogP contribution in [0.3, 0.4) is 0 Å². The number of nitrogen functional groups attached to an aromatic ring is 1. The number of aromatic nitrogens is 1. The second kappa shape index (κ2) is 5.45. The molecule has 0 aliphatic rings. The molecule has 0 aliphatic carbocycles. The van der Waals surface area contributed by atoms with Crippen molar-refractivity contribution < 1.29 is 9.18 Å². The average molecular weight is 260 g/mol. The van der Waals surface area contributed by atoms with Gasteiger partial charge in [0.25, 0.3) is 5.91 Å². The van der Waals surface area contributed by atoms with E-state index in [0.29, 0.717) is 17.1 Å². The Balaban J connectivity index is 2.18. The number of carbonyl (C=O) groups excluding carboxylic acids is 1. The maximum Gasteiger partial charge on any atom is 0.257 e. The van der Waals surface area contributed by atoms with E-state index in [2.05, 4.69) is 15.7 Å². The van der Waals surface area contributed by atoms with Crippen LogP contribution in [0, 0.1) is 12.7 Å². The number of aryl methyl sites for hydroxylation is 1. The van der Waals surface area contributed by atoms with E-state index in [1.807, 2.05) is 0 Å². The molecule has 1 aromatic heterocycles. The van der Waals surface area contributed by atoms with E-state index in [1.165, 1.54) is 18.3 Å². The fourth-order valence-electron chi connectivity index (χ4n) is 1.54. The molecule has 0 unspecified atom stereocenters. The molecular formula is C13H13FN4O. The van der Waals surface area contributed by atoms with Gasteiger partial charge in [-0.1, -0.05) is 6.07 Å². The van der Waals surface area contributed by atoms with Crippen molar-refractivity contribution >= 4 is 17.4 Å². The van der Waals surface area contributed by atoms with Gasteiger partial charge in [0.05, 0.1) is 5.56 Å². The number of hydrazine groups is 1. The number of hydrogen-bond donors (Lipinski definition) is 3. The largest absolute Gasteiger partial charge is 0.322 e. The standard InChI is InChI=1S/C13H13FN4O/c1-8-2-4-10(14)6-11(8)17-13(19)9-3-5-12(18-15)16-7-9/h2-7H,15H2,1H3,(H,16,18)(H,17,19). The molecule has 98 valence electrons. The summed E-state index contributed by atoms with van der Waals surface area (Å²) in [7, 11) is 0. The maximum absolute atomic E-state index is 13.1. The Morgan fingerprint density at radius 1 is 1.32 bits per heavy atom. The van der Waals surface area contributed by atoms with Crippen molar-refractivity contribution in [1.29, 1.82) is 0 Å². The summed E-state index contributed by atoms with van der Waals surface area (Å²) in [6.07, 6.45) is 1.39. The van der Waals surface area contributed by atoms with Crippen molar-refractivity contribution in [2.45, 2.75) is 6.92 Å². The SMILES string of the molecule is Cc1ccc(F)cc1NC(=O)c1ccc(NN)nc1. The smallest absolute Gasteiger partial charge is 0.257 e. The lowest BCUT2D eigenvalue weighted by Crippen LogP contribution is -2.14. The number of nitrogens with one attached hydrogen (secondary N) is 2. The molecule has 0 spiro atoms. The van der Waals surface area contributed by atoms with Crippen molar-refractivity contribution in [2.75, 3.05) is 10.7 Å². The van der Waals surface area contributed by atoms with Crippen LogP contribution in [0.25, 0.3) is 0 Å². The molecule has 0 bridgehead atoms. The number of nitrogens with zero attached hydrogens (tertiary/aromatic N) is 1. The van der Waals surface area contributed by atoms with E-state index >= 15 is 0 Å². The topological polar surface area (TPSA) is 80.0 Å². The van der Waals surface area contributed by atoms with Crippen LogP contribution in [-0.4, -0.2) is 10.9 Å². The highest BCUT2D eigenvalue weighted by molar-refractivity contribution is 6.04. The molecule has 1 heterocycles. The summed E-state index contributed by atoms with van der Waals surface area (Å²) < 4.78 is 13.1. The molecule has 5 nitrogen and oxygen atoms in total. The zero-order valence-corrected chi connectivity index (χ0v) is 10.3. The van der Waals surface area contributed by atoms with Crippen LogP contribution in [0.1, 0.15) is 15.9 Å². The minimum Gasteiger partial charge on any atom is -0.322 e. The molecule has 2 aromatic rings. The monoisotopic (exact) mass is 260 g/mol. The molecule has 6 heteroatoms. The lowest BCUT2D eigenvalue weighted by Gasteiger charge is -2.08. The Morgan fingerprint density at radius 2 is 2.11 bits per heavy atom. The van der Waals surface area contributed by atoms with Crippen LogP contribution in [-0.2, 0) is 0 Å². The van der Waals surface area contributed by atoms with Crippen LogP contribution in [0.2, 0.25) is 0 Å². The van der Waals surface area contributed by atoms with E-state index in [9.17, 15) is 9.18 Å². The van der Waals surface area contributed by atoms with Crippen molar-refractivity contribution in [3.05, 3.63) is 53.5 Å². The summed E-state index contributed by atoms with van der Waals surface area (Å²) in [5.74, 6) is 4.88. The number of amides is 1. The Bertz CT molecular complexity index is 598. The molecule has 2 rings (SSSR count). The van der Waals surface area contributed by atoms with E-state index in [0.717, 1.165) is 5.56 Å². The Morgan fingerprint density at radius 3 is 2.74 bits per heavy atom. The molecule has 1 aromatic carbocycles. The van der Waals surface area contributed by atoms with E-state index in [1.54, 1.807) is 25.1 Å². The first-order chi connectivity index (χ1) is 9.10. The van der Waals surface area contributed by atoms with E-state index in [4.69, 9.17) is 5.84 Å². The van der Waals surface area contributed by atoms with Crippen molar-refractivity contribution in [3.63, 3.8) is 0 Å². The lowest BCUT2D eigenvalue weighted by atomic mass is 10.2. The molecule has 0 saturated heterocycles. The highest BCUT2D eigenvalue weighted by atomic mass is 19.1. The van der Waals surface area contributed by atoms with Crippen molar-refractivity contribution in [3.8, 4) is 0 Å². The molecule has 1 amide bonds. The van der Waals surface area contributed by atoms with Gasteiger partial charge >= 0.3 is 0 Å². The van der Waals surface area contributed by atoms with Crippen LogP contribution < -0.4 is 16.6 Å². The summed E-state index contributed by atoms with van der Waals surface area (Å²) in [5, 5.41) is 2.63. The third-order valence-electron chi connectivity index (χ3n) is 2.62. The van der Waals surface area contributed by atoms with Gasteiger partial charge < -0.3 is 10.7 Å². The Labute approximate surface area is 109 Å². The third-order valence-corrected chi connectivity index (χ3v) is 2.62. The number of hydrogen-bond acceptors (Lipinski definition) is 4. The summed E-state index contributed by atoms with van der Waals surface area (Å²) in [5.41, 5.74) is 3.95. The molecule has 0 atom stereocenters. The molecule has 0 fully saturated rings. The molecule has 4 N–H and O–H groups in total. The van der Waals surface area contributed by atoms with Crippen molar-refractivity contribution in [1.82, 2.24) is 4.98 Å². The fraction of sp³-hybridized carbons (Fsp3) is 0.0769. The molecular weight excluding hydrogens is 247 g/mol. The zero-order chi connectivity index (χ0) is 13.8. The fourth-order valence-corrected chi connectivity index (χ4v) is 1.54. The average Bonchev–Trinajstić information content (AvgIpc) is 2.43. The summed E-state index contributed by atoms with van der Waals surface area (Å²) >= 11 is 0. The van der Waals surface area contributed by atoms with Gasteiger partial charge in [0, 0.05) is 11.9 Å². The van der Waals surface area contributed by atoms with E-state index < -0.39 is 5.82 Å². The number of benzene rings is 1. The first-order valence-corrected chi connectivity index (χ1v) is 5.60. The first kappa shape index (κ1) is 13.0. The van der Waals surface area contributed by atoms with Gasteiger partial charge in [-0.2, -0.15) is 0 Å². The van der Waals surface area contributed by atoms with Gasteiger partial charge in [-0.05, 0) is 36.8 Å². The van der Waals surface area contributed by atoms with Gasteiger partial charge in [-0.3, -0.25) is 4.79 Å². The van der Waals surface area contributed by atoms with Crippen LogP contribution in [0.5, 0.6) is 0 Å². The van der Waals surface area contributed by atoms with Gasteiger partial charge in [0.1, 0.15) is 11.6 Å². The van der Waals surface area contributed by atoms with Crippen molar-refractivity contribution in [2.24, 2.45) is 5.84 Å². The highest BCUT2D eigenvalue weighted by Crippen LogP contribution is 2.17. The van der Waals surface area contributed by atoms with Gasteiger partial charge in [-0.25, -0.2) is 15.2 Å². The van der Waals surface area contributed by atoms with E-state index in [-0.39, 0.29) is 5.91 Å². The predicted molar refractivity (Wildman–Crippen MR) is 71.1 cm³/mol. The minimum absolute atomic E-state index is 0.357. The Hall–Kier alpha value is -2.47. The number of pyridine rings is 1. The Kier molecular flexibility index (Phi) is 3.72. The van der Waals surface area contributed by atoms with Crippen LogP contribution >= 0.6 is 0 Å². The van der Waals surface area contributed by atoms with Gasteiger partial charge in [-0.15, -0.1) is 0 Å². The van der Waals surface area contributed by atoms with Crippen LogP contribution in [0.15, 0.2) is 36.5 Å². The number of rotatable bonds is 3. The number of carbonyl (C=O) groups is 1. The van der Waals surface area contributed by atoms with Gasteiger partial charge in [0.15, 0.2) is 0 Å². The van der Waals surface area contributed by atoms with Crippen LogP contribution in [0.4, 0.5) is 15.9 Å².